The number of aromatic nitrogens is 4. The summed E-state index contributed by atoms with van der Waals surface area (Å²) in [6, 6.07) is 7.83. The van der Waals surface area contributed by atoms with Crippen molar-refractivity contribution in [3.05, 3.63) is 46.0 Å². The number of ether oxygens (including phenoxy) is 1. The average molecular weight is 381 g/mol. The molecule has 3 aromatic rings. The molecule has 2 N–H and O–H groups in total. The zero-order chi connectivity index (χ0) is 19.5. The van der Waals surface area contributed by atoms with E-state index in [0.29, 0.717) is 29.6 Å². The number of H-pyrrole nitrogens is 1. The van der Waals surface area contributed by atoms with Crippen molar-refractivity contribution in [1.82, 2.24) is 19.5 Å². The second-order valence-corrected chi connectivity index (χ2v) is 7.36. The van der Waals surface area contributed by atoms with E-state index in [1.165, 1.54) is 12.8 Å². The zero-order valence-corrected chi connectivity index (χ0v) is 16.5. The molecule has 148 valence electrons. The maximum Gasteiger partial charge on any atom is 0.300 e. The Bertz CT molecular complexity index is 1020. The van der Waals surface area contributed by atoms with Gasteiger partial charge in [-0.3, -0.25) is 9.36 Å². The van der Waals surface area contributed by atoms with Gasteiger partial charge in [-0.1, -0.05) is 38.0 Å². The highest BCUT2D eigenvalue weighted by Crippen LogP contribution is 2.33. The van der Waals surface area contributed by atoms with Crippen LogP contribution in [0, 0.1) is 0 Å². The summed E-state index contributed by atoms with van der Waals surface area (Å²) in [6.07, 6.45) is 5.65. The van der Waals surface area contributed by atoms with E-state index < -0.39 is 0 Å². The zero-order valence-electron chi connectivity index (χ0n) is 16.5. The summed E-state index contributed by atoms with van der Waals surface area (Å²) in [5, 5.41) is 3.32. The number of aromatic amines is 1. The summed E-state index contributed by atoms with van der Waals surface area (Å²) in [6.45, 7) is 3.37. The van der Waals surface area contributed by atoms with Gasteiger partial charge < -0.3 is 15.0 Å². The Morgan fingerprint density at radius 3 is 2.79 bits per heavy atom. The predicted octanol–water partition coefficient (Wildman–Crippen LogP) is 3.81. The van der Waals surface area contributed by atoms with Gasteiger partial charge in [0.2, 0.25) is 5.95 Å². The van der Waals surface area contributed by atoms with E-state index in [1.54, 1.807) is 7.11 Å². The van der Waals surface area contributed by atoms with Gasteiger partial charge >= 0.3 is 5.56 Å². The average Bonchev–Trinajstić information content (AvgIpc) is 3.39. The van der Waals surface area contributed by atoms with Gasteiger partial charge in [0.05, 0.1) is 7.11 Å². The standard InChI is InChI=1S/C21H27N5O2/c1-3-12-26-19-17(23-18(24-19)14-8-4-5-9-14)20(27)25-21(26)22-13-15-10-6-7-11-16(15)28-2/h6-7,10-11,14H,3-5,8-9,12-13H2,1-2H3,(H,23,24)(H,22,25,27). The SMILES string of the molecule is CCCn1c(NCc2ccccc2OC)nc(=O)c2[nH]c(C3CCCC3)nc21. The fourth-order valence-electron chi connectivity index (χ4n) is 4.03. The molecule has 28 heavy (non-hydrogen) atoms. The number of fused-ring (bicyclic) bond motifs is 1. The highest BCUT2D eigenvalue weighted by Gasteiger charge is 2.23. The van der Waals surface area contributed by atoms with E-state index >= 15 is 0 Å². The molecule has 0 spiro atoms. The monoisotopic (exact) mass is 381 g/mol. The number of methoxy groups -OCH3 is 1. The van der Waals surface area contributed by atoms with Crippen molar-refractivity contribution < 1.29 is 4.74 Å². The molecular weight excluding hydrogens is 354 g/mol. The maximum absolute atomic E-state index is 12.7. The van der Waals surface area contributed by atoms with E-state index in [9.17, 15) is 4.79 Å². The van der Waals surface area contributed by atoms with Crippen LogP contribution in [0.4, 0.5) is 5.95 Å². The number of anilines is 1. The molecule has 2 heterocycles. The van der Waals surface area contributed by atoms with Crippen LogP contribution in [0.2, 0.25) is 0 Å². The largest absolute Gasteiger partial charge is 0.496 e. The molecule has 1 aliphatic rings. The molecule has 1 fully saturated rings. The van der Waals surface area contributed by atoms with Crippen LogP contribution >= 0.6 is 0 Å². The van der Waals surface area contributed by atoms with Crippen molar-refractivity contribution in [3.8, 4) is 5.75 Å². The van der Waals surface area contributed by atoms with Crippen LogP contribution in [-0.2, 0) is 13.1 Å². The number of nitrogens with zero attached hydrogens (tertiary/aromatic N) is 3. The first-order valence-corrected chi connectivity index (χ1v) is 10.1. The highest BCUT2D eigenvalue weighted by atomic mass is 16.5. The van der Waals surface area contributed by atoms with E-state index in [0.717, 1.165) is 42.9 Å². The number of benzene rings is 1. The third-order valence-corrected chi connectivity index (χ3v) is 5.45. The van der Waals surface area contributed by atoms with Crippen LogP contribution in [0.15, 0.2) is 29.1 Å². The molecule has 7 nitrogen and oxygen atoms in total. The Kier molecular flexibility index (Phi) is 5.32. The van der Waals surface area contributed by atoms with Gasteiger partial charge in [0.15, 0.2) is 11.2 Å². The van der Waals surface area contributed by atoms with Gasteiger partial charge in [0, 0.05) is 24.6 Å². The number of imidazole rings is 1. The molecule has 1 aliphatic carbocycles. The van der Waals surface area contributed by atoms with E-state index in [-0.39, 0.29) is 5.56 Å². The van der Waals surface area contributed by atoms with Crippen molar-refractivity contribution >= 4 is 17.1 Å². The second-order valence-electron chi connectivity index (χ2n) is 7.36. The van der Waals surface area contributed by atoms with E-state index in [4.69, 9.17) is 9.72 Å². The highest BCUT2D eigenvalue weighted by molar-refractivity contribution is 5.72. The summed E-state index contributed by atoms with van der Waals surface area (Å²) < 4.78 is 7.43. The maximum atomic E-state index is 12.7. The number of rotatable bonds is 7. The number of nitrogens with one attached hydrogen (secondary N) is 2. The normalized spacial score (nSPS) is 14.6. The molecular formula is C21H27N5O2. The molecule has 2 aromatic heterocycles. The molecule has 0 bridgehead atoms. The molecule has 0 atom stereocenters. The van der Waals surface area contributed by atoms with Crippen LogP contribution in [0.1, 0.15) is 56.3 Å². The lowest BCUT2D eigenvalue weighted by Crippen LogP contribution is -2.19. The molecule has 0 saturated heterocycles. The predicted molar refractivity (Wildman–Crippen MR) is 110 cm³/mol. The lowest BCUT2D eigenvalue weighted by Gasteiger charge is -2.15. The molecule has 0 radical (unpaired) electrons. The van der Waals surface area contributed by atoms with Gasteiger partial charge in [0.1, 0.15) is 11.6 Å². The summed E-state index contributed by atoms with van der Waals surface area (Å²) >= 11 is 0. The van der Waals surface area contributed by atoms with Crippen LogP contribution in [0.5, 0.6) is 5.75 Å². The number of para-hydroxylation sites is 1. The minimum Gasteiger partial charge on any atom is -0.496 e. The van der Waals surface area contributed by atoms with Gasteiger partial charge in [-0.25, -0.2) is 4.98 Å². The number of hydrogen-bond donors (Lipinski definition) is 2. The Morgan fingerprint density at radius 1 is 1.25 bits per heavy atom. The summed E-state index contributed by atoms with van der Waals surface area (Å²) in [4.78, 5) is 25.1. The molecule has 0 amide bonds. The van der Waals surface area contributed by atoms with E-state index in [1.807, 2.05) is 28.8 Å². The third kappa shape index (κ3) is 3.48. The fourth-order valence-corrected chi connectivity index (χ4v) is 4.03. The van der Waals surface area contributed by atoms with Crippen molar-refractivity contribution in [2.75, 3.05) is 12.4 Å². The summed E-state index contributed by atoms with van der Waals surface area (Å²) in [5.74, 6) is 2.71. The van der Waals surface area contributed by atoms with Gasteiger partial charge in [-0.05, 0) is 25.3 Å². The lowest BCUT2D eigenvalue weighted by molar-refractivity contribution is 0.410. The molecule has 7 heteroatoms. The molecule has 4 rings (SSSR count). The summed E-state index contributed by atoms with van der Waals surface area (Å²) in [7, 11) is 1.66. The minimum atomic E-state index is -0.262. The Morgan fingerprint density at radius 2 is 2.04 bits per heavy atom. The molecule has 1 aromatic carbocycles. The topological polar surface area (TPSA) is 84.8 Å². The fraction of sp³-hybridized carbons (Fsp3) is 0.476. The van der Waals surface area contributed by atoms with Crippen molar-refractivity contribution in [2.24, 2.45) is 0 Å². The molecule has 0 aliphatic heterocycles. The first-order valence-electron chi connectivity index (χ1n) is 10.1. The van der Waals surface area contributed by atoms with Crippen molar-refractivity contribution in [1.29, 1.82) is 0 Å². The number of aryl methyl sites for hydroxylation is 1. The first kappa shape index (κ1) is 18.5. The minimum absolute atomic E-state index is 0.262. The second kappa shape index (κ2) is 8.04. The number of hydrogen-bond acceptors (Lipinski definition) is 5. The first-order chi connectivity index (χ1) is 13.7. The lowest BCUT2D eigenvalue weighted by atomic mass is 10.1. The third-order valence-electron chi connectivity index (χ3n) is 5.45. The van der Waals surface area contributed by atoms with E-state index in [2.05, 4.69) is 22.2 Å². The van der Waals surface area contributed by atoms with Crippen molar-refractivity contribution in [2.45, 2.75) is 58.0 Å². The summed E-state index contributed by atoms with van der Waals surface area (Å²) in [5.41, 5.74) is 1.96. The van der Waals surface area contributed by atoms with Crippen molar-refractivity contribution in [3.63, 3.8) is 0 Å². The molecule has 1 saturated carbocycles. The molecule has 0 unspecified atom stereocenters. The Balaban J connectivity index is 1.70. The van der Waals surface area contributed by atoms with Crippen LogP contribution in [-0.4, -0.2) is 26.6 Å². The Hall–Kier alpha value is -2.83. The quantitative estimate of drug-likeness (QED) is 0.650. The Labute approximate surface area is 164 Å². The van der Waals surface area contributed by atoms with Gasteiger partial charge in [0.25, 0.3) is 0 Å². The van der Waals surface area contributed by atoms with Crippen LogP contribution < -0.4 is 15.6 Å². The van der Waals surface area contributed by atoms with Crippen LogP contribution in [0.25, 0.3) is 11.2 Å². The smallest absolute Gasteiger partial charge is 0.300 e. The van der Waals surface area contributed by atoms with Gasteiger partial charge in [-0.2, -0.15) is 4.98 Å². The van der Waals surface area contributed by atoms with Crippen LogP contribution in [0.3, 0.4) is 0 Å². The van der Waals surface area contributed by atoms with Gasteiger partial charge in [-0.15, -0.1) is 0 Å².